The van der Waals surface area contributed by atoms with Gasteiger partial charge < -0.3 is 20.2 Å². The lowest BCUT2D eigenvalue weighted by Crippen LogP contribution is -2.09. The molecule has 236 valence electrons. The van der Waals surface area contributed by atoms with Crippen molar-refractivity contribution in [3.63, 3.8) is 0 Å². The number of nitrogens with one attached hydrogen (secondary N) is 2. The Bertz CT molecular complexity index is 2240. The summed E-state index contributed by atoms with van der Waals surface area (Å²) in [6.07, 6.45) is 0. The second kappa shape index (κ2) is 12.7. The van der Waals surface area contributed by atoms with E-state index in [9.17, 15) is 19.8 Å². The molecule has 47 heavy (non-hydrogen) atoms. The van der Waals surface area contributed by atoms with Crippen LogP contribution in [0.4, 0.5) is 0 Å². The van der Waals surface area contributed by atoms with Gasteiger partial charge in [-0.25, -0.2) is 9.97 Å². The molecule has 0 aliphatic heterocycles. The molecule has 7 rings (SSSR count). The van der Waals surface area contributed by atoms with Gasteiger partial charge in [0.1, 0.15) is 11.5 Å². The number of rotatable bonds is 4. The van der Waals surface area contributed by atoms with Gasteiger partial charge in [0.05, 0.1) is 31.6 Å². The summed E-state index contributed by atoms with van der Waals surface area (Å²) in [6.45, 7) is 9.86. The molecule has 0 atom stereocenters. The van der Waals surface area contributed by atoms with Crippen LogP contribution in [0, 0.1) is 27.7 Å². The predicted molar refractivity (Wildman–Crippen MR) is 190 cm³/mol. The van der Waals surface area contributed by atoms with Crippen molar-refractivity contribution in [1.29, 1.82) is 0 Å². The fraction of sp³-hybridized carbons (Fsp3) is 0.158. The third kappa shape index (κ3) is 6.30. The maximum Gasteiger partial charge on any atom is 0.259 e. The minimum Gasteiger partial charge on any atom is -0.507 e. The number of H-pyrrole nitrogens is 2. The Morgan fingerprint density at radius 1 is 0.617 bits per heavy atom. The Balaban J connectivity index is 0.000000173. The van der Waals surface area contributed by atoms with Gasteiger partial charge in [-0.2, -0.15) is 0 Å². The quantitative estimate of drug-likeness (QED) is 0.154. The van der Waals surface area contributed by atoms with Crippen molar-refractivity contribution in [3.8, 4) is 32.9 Å². The molecule has 7 aromatic rings. The van der Waals surface area contributed by atoms with E-state index in [1.807, 2.05) is 107 Å². The standard InChI is InChI=1S/C20H12N4O2S.C18H22O2/c25-19-11-5-1-3-7-13(11)21-17(23-19)15-9-10-16(27-15)18-22-14-8-4-2-6-12(14)20(26)24-18;1-10-6-12(3)17(19)15(8-10)14(5)16-9-11(2)7-13(4)18(16)20/h1-10H,(H,21,23,25)(H,22,24,26);6-9,14,19-20H,1-5H3. The van der Waals surface area contributed by atoms with Crippen molar-refractivity contribution in [2.24, 2.45) is 0 Å². The largest absolute Gasteiger partial charge is 0.507 e. The van der Waals surface area contributed by atoms with Crippen LogP contribution in [0.1, 0.15) is 46.2 Å². The Hall–Kier alpha value is -5.54. The highest BCUT2D eigenvalue weighted by atomic mass is 32.1. The Morgan fingerprint density at radius 2 is 1.02 bits per heavy atom. The number of aromatic amines is 2. The van der Waals surface area contributed by atoms with E-state index < -0.39 is 0 Å². The molecular formula is C38H34N4O4S. The number of benzene rings is 4. The summed E-state index contributed by atoms with van der Waals surface area (Å²) in [5.41, 5.74) is 6.63. The summed E-state index contributed by atoms with van der Waals surface area (Å²) in [6, 6.07) is 26.1. The van der Waals surface area contributed by atoms with Crippen LogP contribution in [0.3, 0.4) is 0 Å². The zero-order valence-electron chi connectivity index (χ0n) is 26.7. The summed E-state index contributed by atoms with van der Waals surface area (Å²) >= 11 is 1.41. The van der Waals surface area contributed by atoms with E-state index in [0.717, 1.165) is 43.1 Å². The normalized spacial score (nSPS) is 11.2. The monoisotopic (exact) mass is 642 g/mol. The molecule has 4 N–H and O–H groups in total. The van der Waals surface area contributed by atoms with E-state index in [-0.39, 0.29) is 17.0 Å². The first-order valence-electron chi connectivity index (χ1n) is 15.2. The molecule has 0 spiro atoms. The first-order valence-corrected chi connectivity index (χ1v) is 16.0. The molecule has 0 saturated heterocycles. The van der Waals surface area contributed by atoms with Crippen molar-refractivity contribution >= 4 is 33.1 Å². The van der Waals surface area contributed by atoms with Gasteiger partial charge in [0.15, 0.2) is 11.6 Å². The SMILES string of the molecule is Cc1cc(C)c(O)c(C(C)c2cc(C)cc(C)c2O)c1.O=c1[nH]c(-c2ccc(-c3nc4ccccc4c(=O)[nH]3)s2)nc2ccccc12. The van der Waals surface area contributed by atoms with Gasteiger partial charge in [-0.3, -0.25) is 9.59 Å². The summed E-state index contributed by atoms with van der Waals surface area (Å²) < 4.78 is 0. The maximum atomic E-state index is 12.3. The molecular weight excluding hydrogens is 609 g/mol. The van der Waals surface area contributed by atoms with Crippen molar-refractivity contribution < 1.29 is 10.2 Å². The third-order valence-corrected chi connectivity index (χ3v) is 9.28. The zero-order chi connectivity index (χ0) is 33.4. The van der Waals surface area contributed by atoms with E-state index in [0.29, 0.717) is 45.0 Å². The lowest BCUT2D eigenvalue weighted by Gasteiger charge is -2.19. The van der Waals surface area contributed by atoms with Crippen molar-refractivity contribution in [3.05, 3.63) is 139 Å². The molecule has 0 aliphatic carbocycles. The molecule has 0 fully saturated rings. The molecule has 3 heterocycles. The number of para-hydroxylation sites is 2. The molecule has 0 saturated carbocycles. The van der Waals surface area contributed by atoms with Gasteiger partial charge >= 0.3 is 0 Å². The second-order valence-corrected chi connectivity index (χ2v) is 12.9. The van der Waals surface area contributed by atoms with E-state index >= 15 is 0 Å². The number of fused-ring (bicyclic) bond motifs is 2. The fourth-order valence-corrected chi connectivity index (χ4v) is 6.71. The Kier molecular flexibility index (Phi) is 8.49. The first kappa shape index (κ1) is 31.4. The third-order valence-electron chi connectivity index (χ3n) is 8.18. The molecule has 4 aromatic carbocycles. The number of hydrogen-bond donors (Lipinski definition) is 4. The zero-order valence-corrected chi connectivity index (χ0v) is 27.5. The number of aryl methyl sites for hydroxylation is 4. The van der Waals surface area contributed by atoms with Gasteiger partial charge in [-0.1, -0.05) is 66.6 Å². The van der Waals surface area contributed by atoms with Crippen LogP contribution in [0.25, 0.3) is 43.2 Å². The number of hydrogen-bond acceptors (Lipinski definition) is 7. The smallest absolute Gasteiger partial charge is 0.259 e. The molecule has 9 heteroatoms. The van der Waals surface area contributed by atoms with Crippen LogP contribution in [0.15, 0.2) is 94.5 Å². The Morgan fingerprint density at radius 3 is 1.45 bits per heavy atom. The summed E-state index contributed by atoms with van der Waals surface area (Å²) in [5, 5.41) is 21.7. The van der Waals surface area contributed by atoms with Crippen molar-refractivity contribution in [2.45, 2.75) is 40.5 Å². The van der Waals surface area contributed by atoms with E-state index in [1.165, 1.54) is 11.3 Å². The van der Waals surface area contributed by atoms with E-state index in [2.05, 4.69) is 19.9 Å². The number of phenolic OH excluding ortho intramolecular Hbond substituents is 2. The molecule has 0 unspecified atom stereocenters. The Labute approximate surface area is 275 Å². The number of aromatic nitrogens is 4. The number of nitrogens with zero attached hydrogens (tertiary/aromatic N) is 2. The van der Waals surface area contributed by atoms with Gasteiger partial charge in [-0.15, -0.1) is 11.3 Å². The maximum absolute atomic E-state index is 12.3. The van der Waals surface area contributed by atoms with Crippen LogP contribution >= 0.6 is 11.3 Å². The summed E-state index contributed by atoms with van der Waals surface area (Å²) in [4.78, 5) is 40.9. The number of phenols is 2. The van der Waals surface area contributed by atoms with Crippen LogP contribution < -0.4 is 11.1 Å². The van der Waals surface area contributed by atoms with Crippen molar-refractivity contribution in [1.82, 2.24) is 19.9 Å². The highest BCUT2D eigenvalue weighted by Gasteiger charge is 2.19. The van der Waals surface area contributed by atoms with Gasteiger partial charge in [0.25, 0.3) is 11.1 Å². The van der Waals surface area contributed by atoms with Crippen LogP contribution in [-0.4, -0.2) is 30.1 Å². The van der Waals surface area contributed by atoms with E-state index in [1.54, 1.807) is 12.1 Å². The van der Waals surface area contributed by atoms with Gasteiger partial charge in [0.2, 0.25) is 0 Å². The lowest BCUT2D eigenvalue weighted by atomic mass is 9.87. The molecule has 0 bridgehead atoms. The van der Waals surface area contributed by atoms with Gasteiger partial charge in [-0.05, 0) is 75.2 Å². The highest BCUT2D eigenvalue weighted by Crippen LogP contribution is 2.39. The molecule has 0 amide bonds. The number of thiophene rings is 1. The lowest BCUT2D eigenvalue weighted by molar-refractivity contribution is 0.452. The second-order valence-electron chi connectivity index (χ2n) is 11.8. The topological polar surface area (TPSA) is 132 Å². The minimum absolute atomic E-state index is 0.0489. The van der Waals surface area contributed by atoms with Crippen LogP contribution in [0.5, 0.6) is 11.5 Å². The van der Waals surface area contributed by atoms with Crippen molar-refractivity contribution in [2.75, 3.05) is 0 Å². The van der Waals surface area contributed by atoms with Crippen LogP contribution in [0.2, 0.25) is 0 Å². The minimum atomic E-state index is -0.178. The summed E-state index contributed by atoms with van der Waals surface area (Å²) in [5.74, 6) is 1.59. The summed E-state index contributed by atoms with van der Waals surface area (Å²) in [7, 11) is 0. The highest BCUT2D eigenvalue weighted by molar-refractivity contribution is 7.18. The average molecular weight is 643 g/mol. The van der Waals surface area contributed by atoms with E-state index in [4.69, 9.17) is 0 Å². The average Bonchev–Trinajstić information content (AvgIpc) is 3.55. The van der Waals surface area contributed by atoms with Crippen LogP contribution in [-0.2, 0) is 0 Å². The molecule has 8 nitrogen and oxygen atoms in total. The first-order chi connectivity index (χ1) is 22.5. The molecule has 0 radical (unpaired) electrons. The predicted octanol–water partition coefficient (Wildman–Crippen LogP) is 8.04. The number of aromatic hydroxyl groups is 2. The van der Waals surface area contributed by atoms with Gasteiger partial charge in [0, 0.05) is 17.0 Å². The fourth-order valence-electron chi connectivity index (χ4n) is 5.81. The molecule has 3 aromatic heterocycles. The molecule has 0 aliphatic rings.